The van der Waals surface area contributed by atoms with Crippen molar-refractivity contribution in [1.82, 2.24) is 10.2 Å². The highest BCUT2D eigenvalue weighted by Crippen LogP contribution is 2.27. The number of aromatic hydroxyl groups is 1. The summed E-state index contributed by atoms with van der Waals surface area (Å²) < 4.78 is 0. The number of hydrogen-bond acceptors (Lipinski definition) is 4. The van der Waals surface area contributed by atoms with E-state index in [2.05, 4.69) is 15.1 Å². The molecule has 7 heteroatoms. The molecule has 0 saturated carbocycles. The predicted octanol–water partition coefficient (Wildman–Crippen LogP) is 3.83. The molecule has 0 unspecified atom stereocenters. The van der Waals surface area contributed by atoms with Crippen molar-refractivity contribution in [2.45, 2.75) is 4.90 Å². The molecule has 0 bridgehead atoms. The van der Waals surface area contributed by atoms with E-state index in [1.807, 2.05) is 42.5 Å². The number of phenolic OH excluding ortho intramolecular Hbond substituents is 1. The van der Waals surface area contributed by atoms with Crippen LogP contribution in [0, 0.1) is 0 Å². The number of hydrogen-bond donors (Lipinski definition) is 2. The fourth-order valence-corrected chi connectivity index (χ4v) is 4.03. The van der Waals surface area contributed by atoms with Crippen LogP contribution in [0.25, 0.3) is 0 Å². The van der Waals surface area contributed by atoms with E-state index in [0.717, 1.165) is 54.3 Å². The van der Waals surface area contributed by atoms with Gasteiger partial charge in [-0.05, 0) is 48.6 Å². The zero-order chi connectivity index (χ0) is 18.4. The van der Waals surface area contributed by atoms with Crippen molar-refractivity contribution in [3.05, 3.63) is 53.6 Å². The Hall–Kier alpha value is -1.63. The van der Waals surface area contributed by atoms with Gasteiger partial charge in [0.2, 0.25) is 0 Å². The number of benzene rings is 2. The molecule has 1 fully saturated rings. The summed E-state index contributed by atoms with van der Waals surface area (Å²) in [6.45, 7) is 4.22. The number of rotatable bonds is 5. The molecule has 0 radical (unpaired) electrons. The predicted molar refractivity (Wildman–Crippen MR) is 115 cm³/mol. The van der Waals surface area contributed by atoms with Gasteiger partial charge in [0.25, 0.3) is 0 Å². The average molecular weight is 408 g/mol. The van der Waals surface area contributed by atoms with Crippen LogP contribution in [0.4, 0.5) is 5.69 Å². The summed E-state index contributed by atoms with van der Waals surface area (Å²) in [6, 6.07) is 15.4. The summed E-state index contributed by atoms with van der Waals surface area (Å²) in [6.07, 6.45) is 0. The van der Waals surface area contributed by atoms with Crippen LogP contribution in [-0.2, 0) is 0 Å². The van der Waals surface area contributed by atoms with E-state index in [1.165, 1.54) is 4.90 Å². The summed E-state index contributed by atoms with van der Waals surface area (Å²) >= 11 is 13.2. The quantitative estimate of drug-likeness (QED) is 0.446. The molecule has 1 aliphatic rings. The van der Waals surface area contributed by atoms with Crippen molar-refractivity contribution in [1.29, 1.82) is 0 Å². The van der Waals surface area contributed by atoms with Gasteiger partial charge >= 0.3 is 0 Å². The van der Waals surface area contributed by atoms with E-state index < -0.39 is 0 Å². The number of nitrogens with zero attached hydrogens (tertiary/aromatic N) is 2. The lowest BCUT2D eigenvalue weighted by Gasteiger charge is -2.37. The maximum absolute atomic E-state index is 9.99. The van der Waals surface area contributed by atoms with Crippen LogP contribution in [-0.4, -0.2) is 53.6 Å². The minimum atomic E-state index is 0.334. The van der Waals surface area contributed by atoms with E-state index in [9.17, 15) is 5.11 Å². The van der Waals surface area contributed by atoms with Crippen LogP contribution in [0.1, 0.15) is 0 Å². The number of phenols is 1. The van der Waals surface area contributed by atoms with Gasteiger partial charge in [0.15, 0.2) is 5.11 Å². The lowest BCUT2D eigenvalue weighted by molar-refractivity contribution is 0.378. The Morgan fingerprint density at radius 2 is 1.77 bits per heavy atom. The molecule has 1 saturated heterocycles. The minimum absolute atomic E-state index is 0.334. The molecule has 2 aromatic rings. The van der Waals surface area contributed by atoms with Gasteiger partial charge in [-0.15, -0.1) is 11.8 Å². The maximum atomic E-state index is 9.99. The van der Waals surface area contributed by atoms with E-state index >= 15 is 0 Å². The molecular weight excluding hydrogens is 386 g/mol. The first kappa shape index (κ1) is 19.1. The number of halogens is 1. The van der Waals surface area contributed by atoms with Gasteiger partial charge in [-0.2, -0.15) is 0 Å². The van der Waals surface area contributed by atoms with Gasteiger partial charge in [0.1, 0.15) is 5.75 Å². The average Bonchev–Trinajstić information content (AvgIpc) is 2.67. The lowest BCUT2D eigenvalue weighted by Crippen LogP contribution is -2.52. The molecule has 3 rings (SSSR count). The molecule has 2 aromatic carbocycles. The Kier molecular flexibility index (Phi) is 6.88. The summed E-state index contributed by atoms with van der Waals surface area (Å²) in [5.41, 5.74) is 0.894. The second-order valence-corrected chi connectivity index (χ2v) is 7.99. The fourth-order valence-electron chi connectivity index (χ4n) is 2.85. The second-order valence-electron chi connectivity index (χ2n) is 6.00. The van der Waals surface area contributed by atoms with Crippen LogP contribution in [0.5, 0.6) is 5.75 Å². The molecule has 0 amide bonds. The Balaban J connectivity index is 1.38. The number of thioether (sulfide) groups is 1. The van der Waals surface area contributed by atoms with Crippen molar-refractivity contribution in [3.8, 4) is 5.75 Å². The van der Waals surface area contributed by atoms with Gasteiger partial charge in [0.05, 0.1) is 5.69 Å². The molecule has 0 aliphatic carbocycles. The van der Waals surface area contributed by atoms with Crippen molar-refractivity contribution >= 4 is 46.4 Å². The summed E-state index contributed by atoms with van der Waals surface area (Å²) in [5, 5.41) is 14.9. The molecule has 0 atom stereocenters. The monoisotopic (exact) mass is 407 g/mol. The Bertz CT molecular complexity index is 734. The van der Waals surface area contributed by atoms with E-state index in [0.29, 0.717) is 5.75 Å². The maximum Gasteiger partial charge on any atom is 0.169 e. The number of thiocarbonyl (C=S) groups is 1. The minimum Gasteiger partial charge on any atom is -0.506 e. The summed E-state index contributed by atoms with van der Waals surface area (Å²) in [5.74, 6) is 1.28. The van der Waals surface area contributed by atoms with Crippen LogP contribution >= 0.6 is 35.6 Å². The molecule has 1 heterocycles. The normalized spacial score (nSPS) is 14.3. The molecule has 26 heavy (non-hydrogen) atoms. The van der Waals surface area contributed by atoms with Crippen LogP contribution in [0.3, 0.4) is 0 Å². The third-order valence-electron chi connectivity index (χ3n) is 4.25. The standard InChI is InChI=1S/C19H22ClN3OS2/c20-15-5-7-16(8-6-15)26-14-9-21-19(25)23-12-10-22(11-13-23)17-3-1-2-4-18(17)24/h1-8,24H,9-14H2,(H,21,25). The van der Waals surface area contributed by atoms with E-state index in [4.69, 9.17) is 23.8 Å². The molecule has 4 nitrogen and oxygen atoms in total. The molecule has 0 aromatic heterocycles. The van der Waals surface area contributed by atoms with Crippen LogP contribution in [0.15, 0.2) is 53.4 Å². The highest BCUT2D eigenvalue weighted by molar-refractivity contribution is 7.99. The topological polar surface area (TPSA) is 38.7 Å². The summed E-state index contributed by atoms with van der Waals surface area (Å²) in [4.78, 5) is 5.60. The van der Waals surface area contributed by atoms with Crippen molar-refractivity contribution in [2.24, 2.45) is 0 Å². The highest BCUT2D eigenvalue weighted by atomic mass is 35.5. The Morgan fingerprint density at radius 1 is 1.08 bits per heavy atom. The third kappa shape index (κ3) is 5.19. The highest BCUT2D eigenvalue weighted by Gasteiger charge is 2.20. The zero-order valence-electron chi connectivity index (χ0n) is 14.4. The number of nitrogens with one attached hydrogen (secondary N) is 1. The second kappa shape index (κ2) is 9.35. The van der Waals surface area contributed by atoms with E-state index in [-0.39, 0.29) is 0 Å². The molecule has 0 spiro atoms. The third-order valence-corrected chi connectivity index (χ3v) is 5.92. The zero-order valence-corrected chi connectivity index (χ0v) is 16.8. The largest absolute Gasteiger partial charge is 0.506 e. The van der Waals surface area contributed by atoms with Crippen LogP contribution < -0.4 is 10.2 Å². The van der Waals surface area contributed by atoms with Crippen molar-refractivity contribution in [3.63, 3.8) is 0 Å². The molecular formula is C19H22ClN3OS2. The fraction of sp³-hybridized carbons (Fsp3) is 0.316. The number of anilines is 1. The molecule has 1 aliphatic heterocycles. The smallest absolute Gasteiger partial charge is 0.169 e. The molecule has 2 N–H and O–H groups in total. The van der Waals surface area contributed by atoms with E-state index in [1.54, 1.807) is 17.8 Å². The Morgan fingerprint density at radius 3 is 2.46 bits per heavy atom. The van der Waals surface area contributed by atoms with Gasteiger partial charge in [-0.1, -0.05) is 23.7 Å². The van der Waals surface area contributed by atoms with Gasteiger partial charge in [-0.25, -0.2) is 0 Å². The first-order valence-electron chi connectivity index (χ1n) is 8.57. The van der Waals surface area contributed by atoms with Crippen molar-refractivity contribution < 1.29 is 5.11 Å². The van der Waals surface area contributed by atoms with Gasteiger partial charge in [-0.3, -0.25) is 0 Å². The lowest BCUT2D eigenvalue weighted by atomic mass is 10.2. The number of piperazine rings is 1. The number of para-hydroxylation sites is 2. The van der Waals surface area contributed by atoms with Crippen molar-refractivity contribution in [2.75, 3.05) is 43.4 Å². The van der Waals surface area contributed by atoms with Crippen LogP contribution in [0.2, 0.25) is 5.02 Å². The SMILES string of the molecule is Oc1ccccc1N1CCN(C(=S)NCCSc2ccc(Cl)cc2)CC1. The molecule has 138 valence electrons. The first-order chi connectivity index (χ1) is 12.6. The Labute approximate surface area is 169 Å². The van der Waals surface area contributed by atoms with Gasteiger partial charge < -0.3 is 20.2 Å². The van der Waals surface area contributed by atoms with Gasteiger partial charge in [0, 0.05) is 48.4 Å². The summed E-state index contributed by atoms with van der Waals surface area (Å²) in [7, 11) is 0. The first-order valence-corrected chi connectivity index (χ1v) is 10.3.